The van der Waals surface area contributed by atoms with E-state index in [0.29, 0.717) is 19.4 Å². The lowest BCUT2D eigenvalue weighted by molar-refractivity contribution is -0.277. The van der Waals surface area contributed by atoms with Gasteiger partial charge in [0.05, 0.1) is 12.5 Å². The number of piperidine rings is 1. The monoisotopic (exact) mass is 475 g/mol. The van der Waals surface area contributed by atoms with Crippen molar-refractivity contribution in [3.8, 4) is 5.75 Å². The van der Waals surface area contributed by atoms with Gasteiger partial charge in [-0.1, -0.05) is 26.0 Å². The zero-order valence-corrected chi connectivity index (χ0v) is 21.0. The van der Waals surface area contributed by atoms with Crippen LogP contribution in [0.1, 0.15) is 78.2 Å². The van der Waals surface area contributed by atoms with Crippen molar-refractivity contribution >= 4 is 11.9 Å². The molecule has 190 valence electrons. The quantitative estimate of drug-likeness (QED) is 0.548. The first-order chi connectivity index (χ1) is 16.1. The molecule has 1 amide bonds. The van der Waals surface area contributed by atoms with Gasteiger partial charge in [0.25, 0.3) is 0 Å². The van der Waals surface area contributed by atoms with Gasteiger partial charge in [-0.15, -0.1) is 0 Å². The Labute approximate surface area is 203 Å². The number of phenolic OH excluding ortho intramolecular Hbond substituents is 1. The van der Waals surface area contributed by atoms with Gasteiger partial charge in [0.15, 0.2) is 5.79 Å². The normalized spacial score (nSPS) is 29.3. The Bertz CT molecular complexity index is 844. The Morgan fingerprint density at radius 2 is 2.00 bits per heavy atom. The van der Waals surface area contributed by atoms with Crippen molar-refractivity contribution in [3.63, 3.8) is 0 Å². The van der Waals surface area contributed by atoms with Gasteiger partial charge >= 0.3 is 5.97 Å². The predicted octanol–water partition coefficient (Wildman–Crippen LogP) is 4.19. The van der Waals surface area contributed by atoms with Crippen molar-refractivity contribution in [1.82, 2.24) is 4.90 Å². The second-order valence-electron chi connectivity index (χ2n) is 10.2. The number of likely N-dealkylation sites (tertiary alicyclic amines) is 1. The van der Waals surface area contributed by atoms with Crippen LogP contribution in [0, 0.1) is 11.8 Å². The second kappa shape index (κ2) is 11.5. The predicted molar refractivity (Wildman–Crippen MR) is 129 cm³/mol. The van der Waals surface area contributed by atoms with Crippen LogP contribution in [0.15, 0.2) is 24.3 Å². The van der Waals surface area contributed by atoms with Crippen LogP contribution in [-0.2, 0) is 25.5 Å². The number of hydrogen-bond acceptors (Lipinski definition) is 6. The Hall–Kier alpha value is -2.12. The van der Waals surface area contributed by atoms with Crippen molar-refractivity contribution in [2.45, 2.75) is 103 Å². The van der Waals surface area contributed by atoms with Crippen LogP contribution in [-0.4, -0.2) is 57.6 Å². The highest BCUT2D eigenvalue weighted by Gasteiger charge is 2.44. The van der Waals surface area contributed by atoms with E-state index in [-0.39, 0.29) is 48.1 Å². The fourth-order valence-electron chi connectivity index (χ4n) is 5.23. The van der Waals surface area contributed by atoms with Crippen molar-refractivity contribution in [2.24, 2.45) is 11.8 Å². The van der Waals surface area contributed by atoms with Gasteiger partial charge in [-0.25, -0.2) is 4.79 Å². The third kappa shape index (κ3) is 6.51. The molecule has 2 heterocycles. The third-order valence-electron chi connectivity index (χ3n) is 7.58. The first-order valence-electron chi connectivity index (χ1n) is 12.8. The number of aliphatic hydroxyl groups is 1. The summed E-state index contributed by atoms with van der Waals surface area (Å²) in [5, 5.41) is 20.8. The lowest BCUT2D eigenvalue weighted by Crippen LogP contribution is -2.54. The van der Waals surface area contributed by atoms with Gasteiger partial charge in [-0.05, 0) is 82.4 Å². The van der Waals surface area contributed by atoms with E-state index in [1.807, 2.05) is 32.9 Å². The number of hydrogen-bond donors (Lipinski definition) is 2. The first-order valence-corrected chi connectivity index (χ1v) is 12.8. The molecule has 7 nitrogen and oxygen atoms in total. The molecule has 3 rings (SSSR count). The van der Waals surface area contributed by atoms with E-state index >= 15 is 0 Å². The summed E-state index contributed by atoms with van der Waals surface area (Å²) >= 11 is 0. The molecule has 1 aromatic carbocycles. The summed E-state index contributed by atoms with van der Waals surface area (Å²) in [6, 6.07) is 6.50. The van der Waals surface area contributed by atoms with Gasteiger partial charge < -0.3 is 24.6 Å². The van der Waals surface area contributed by atoms with E-state index in [9.17, 15) is 19.8 Å². The number of aromatic hydroxyl groups is 1. The average Bonchev–Trinajstić information content (AvgIpc) is 2.80. The number of benzene rings is 1. The Kier molecular flexibility index (Phi) is 8.99. The van der Waals surface area contributed by atoms with E-state index in [1.165, 1.54) is 0 Å². The van der Waals surface area contributed by atoms with E-state index < -0.39 is 11.8 Å². The molecule has 6 atom stereocenters. The highest BCUT2D eigenvalue weighted by atomic mass is 16.6. The summed E-state index contributed by atoms with van der Waals surface area (Å²) in [7, 11) is 0. The van der Waals surface area contributed by atoms with E-state index in [2.05, 4.69) is 6.92 Å². The Morgan fingerprint density at radius 1 is 1.24 bits per heavy atom. The largest absolute Gasteiger partial charge is 0.508 e. The molecule has 0 saturated carbocycles. The molecule has 34 heavy (non-hydrogen) atoms. The standard InChI is InChI=1S/C27H41NO6/c1-5-22(15-21-9-8-10-23(29)16-21)20(4)33-26(31)24-11-6-7-14-28(24)25(30)17-27(32)18(2)12-13-19(3)34-27/h8-10,16,18-20,22,24,29,32H,5-7,11-15,17H2,1-4H3. The smallest absolute Gasteiger partial charge is 0.329 e. The average molecular weight is 476 g/mol. The molecular weight excluding hydrogens is 434 g/mol. The molecule has 2 fully saturated rings. The topological polar surface area (TPSA) is 96.3 Å². The maximum absolute atomic E-state index is 13.2. The Balaban J connectivity index is 1.64. The summed E-state index contributed by atoms with van der Waals surface area (Å²) in [4.78, 5) is 28.0. The second-order valence-corrected chi connectivity index (χ2v) is 10.2. The molecule has 0 spiro atoms. The summed E-state index contributed by atoms with van der Waals surface area (Å²) in [5.41, 5.74) is 0.994. The number of carbonyl (C=O) groups is 2. The van der Waals surface area contributed by atoms with Crippen LogP contribution >= 0.6 is 0 Å². The van der Waals surface area contributed by atoms with Crippen LogP contribution < -0.4 is 0 Å². The number of phenols is 1. The number of rotatable bonds is 8. The van der Waals surface area contributed by atoms with E-state index in [4.69, 9.17) is 9.47 Å². The van der Waals surface area contributed by atoms with E-state index in [0.717, 1.165) is 37.7 Å². The van der Waals surface area contributed by atoms with Gasteiger partial charge in [-0.3, -0.25) is 4.79 Å². The molecule has 0 radical (unpaired) electrons. The minimum atomic E-state index is -1.50. The number of esters is 1. The highest BCUT2D eigenvalue weighted by Crippen LogP contribution is 2.35. The van der Waals surface area contributed by atoms with Crippen molar-refractivity contribution in [2.75, 3.05) is 6.54 Å². The molecule has 2 aliphatic rings. The summed E-state index contributed by atoms with van der Waals surface area (Å²) in [5.74, 6) is -1.97. The van der Waals surface area contributed by atoms with Crippen LogP contribution in [0.2, 0.25) is 0 Å². The zero-order chi connectivity index (χ0) is 24.9. The van der Waals surface area contributed by atoms with Crippen LogP contribution in [0.5, 0.6) is 5.75 Å². The molecule has 0 aromatic heterocycles. The number of amides is 1. The summed E-state index contributed by atoms with van der Waals surface area (Å²) in [6.07, 6.45) is 4.82. The molecular formula is C27H41NO6. The lowest BCUT2D eigenvalue weighted by Gasteiger charge is -2.42. The molecule has 2 N–H and O–H groups in total. The van der Waals surface area contributed by atoms with E-state index in [1.54, 1.807) is 17.0 Å². The molecule has 2 saturated heterocycles. The maximum Gasteiger partial charge on any atom is 0.329 e. The highest BCUT2D eigenvalue weighted by molar-refractivity contribution is 5.85. The zero-order valence-electron chi connectivity index (χ0n) is 21.0. The molecule has 2 aliphatic heterocycles. The molecule has 0 aliphatic carbocycles. The van der Waals surface area contributed by atoms with Crippen LogP contribution in [0.25, 0.3) is 0 Å². The van der Waals surface area contributed by atoms with Crippen molar-refractivity contribution in [3.05, 3.63) is 29.8 Å². The Morgan fingerprint density at radius 3 is 2.71 bits per heavy atom. The van der Waals surface area contributed by atoms with Crippen molar-refractivity contribution < 1.29 is 29.3 Å². The number of carbonyl (C=O) groups excluding carboxylic acids is 2. The minimum absolute atomic E-state index is 0.0946. The third-order valence-corrected chi connectivity index (χ3v) is 7.58. The van der Waals surface area contributed by atoms with Gasteiger partial charge in [-0.2, -0.15) is 0 Å². The first kappa shape index (κ1) is 26.5. The molecule has 7 heteroatoms. The summed E-state index contributed by atoms with van der Waals surface area (Å²) < 4.78 is 11.7. The maximum atomic E-state index is 13.2. The number of ether oxygens (including phenoxy) is 2. The van der Waals surface area contributed by atoms with Crippen molar-refractivity contribution in [1.29, 1.82) is 0 Å². The fraction of sp³-hybridized carbons (Fsp3) is 0.704. The minimum Gasteiger partial charge on any atom is -0.508 e. The molecule has 6 unspecified atom stereocenters. The lowest BCUT2D eigenvalue weighted by atomic mass is 9.87. The van der Waals surface area contributed by atoms with Gasteiger partial charge in [0.2, 0.25) is 5.91 Å². The molecule has 0 bridgehead atoms. The van der Waals surface area contributed by atoms with Crippen LogP contribution in [0.3, 0.4) is 0 Å². The number of nitrogens with zero attached hydrogens (tertiary/aromatic N) is 1. The van der Waals surface area contributed by atoms with Gasteiger partial charge in [0.1, 0.15) is 17.9 Å². The molecule has 1 aromatic rings. The SMILES string of the molecule is CCC(Cc1cccc(O)c1)C(C)OC(=O)C1CCCCN1C(=O)CC1(O)OC(C)CCC1C. The fourth-order valence-corrected chi connectivity index (χ4v) is 5.23. The summed E-state index contributed by atoms with van der Waals surface area (Å²) in [6.45, 7) is 8.24. The van der Waals surface area contributed by atoms with Crippen LogP contribution in [0.4, 0.5) is 0 Å². The van der Waals surface area contributed by atoms with Gasteiger partial charge in [0, 0.05) is 12.5 Å².